The van der Waals surface area contributed by atoms with Gasteiger partial charge in [-0.15, -0.1) is 11.3 Å². The third-order valence-corrected chi connectivity index (χ3v) is 4.73. The molecule has 1 N–H and O–H groups in total. The van der Waals surface area contributed by atoms with Crippen LogP contribution in [0.3, 0.4) is 0 Å². The van der Waals surface area contributed by atoms with Crippen LogP contribution < -0.4 is 15.0 Å². The van der Waals surface area contributed by atoms with Gasteiger partial charge in [-0.3, -0.25) is 14.5 Å². The van der Waals surface area contributed by atoms with Gasteiger partial charge in [-0.1, -0.05) is 6.92 Å². The van der Waals surface area contributed by atoms with Crippen molar-refractivity contribution in [3.63, 3.8) is 0 Å². The predicted octanol–water partition coefficient (Wildman–Crippen LogP) is 2.76. The van der Waals surface area contributed by atoms with Crippen molar-refractivity contribution in [2.24, 2.45) is 0 Å². The number of amides is 2. The third-order valence-electron chi connectivity index (χ3n) is 3.96. The molecule has 0 fully saturated rings. The number of nitrogens with zero attached hydrogens (tertiary/aromatic N) is 2. The molecule has 0 bridgehead atoms. The normalized spacial score (nSPS) is 16.4. The molecule has 0 radical (unpaired) electrons. The lowest BCUT2D eigenvalue weighted by Crippen LogP contribution is -2.48. The Balaban J connectivity index is 1.93. The minimum Gasteiger partial charge on any atom is -0.479 e. The van der Waals surface area contributed by atoms with Crippen LogP contribution >= 0.6 is 11.3 Å². The van der Waals surface area contributed by atoms with Crippen molar-refractivity contribution in [3.05, 3.63) is 28.6 Å². The molecule has 2 aromatic rings. The Bertz CT molecular complexity index is 803. The van der Waals surface area contributed by atoms with Crippen LogP contribution in [0.25, 0.3) is 11.3 Å². The zero-order valence-corrected chi connectivity index (χ0v) is 15.4. The van der Waals surface area contributed by atoms with Gasteiger partial charge >= 0.3 is 0 Å². The number of anilines is 1. The van der Waals surface area contributed by atoms with Crippen molar-refractivity contribution in [3.8, 4) is 17.0 Å². The van der Waals surface area contributed by atoms with E-state index in [4.69, 9.17) is 4.74 Å². The quantitative estimate of drug-likeness (QED) is 0.891. The summed E-state index contributed by atoms with van der Waals surface area (Å²) < 4.78 is 5.69. The van der Waals surface area contributed by atoms with Gasteiger partial charge in [-0.05, 0) is 38.5 Å². The van der Waals surface area contributed by atoms with Crippen molar-refractivity contribution < 1.29 is 14.3 Å². The zero-order chi connectivity index (χ0) is 18.0. The second-order valence-electron chi connectivity index (χ2n) is 5.97. The van der Waals surface area contributed by atoms with E-state index in [2.05, 4.69) is 10.3 Å². The highest BCUT2D eigenvalue weighted by Crippen LogP contribution is 2.37. The number of nitrogens with one attached hydrogen (secondary N) is 1. The van der Waals surface area contributed by atoms with E-state index in [1.54, 1.807) is 18.3 Å². The van der Waals surface area contributed by atoms with Crippen LogP contribution in [-0.2, 0) is 9.59 Å². The average molecular weight is 359 g/mol. The molecule has 1 aliphatic heterocycles. The lowest BCUT2D eigenvalue weighted by molar-refractivity contribution is -0.128. The smallest absolute Gasteiger partial charge is 0.268 e. The number of carbonyl (C=O) groups excluding carboxylic acids is 2. The maximum atomic E-state index is 12.6. The Hall–Kier alpha value is -2.41. The maximum Gasteiger partial charge on any atom is 0.268 e. The molecule has 6 nitrogen and oxygen atoms in total. The second kappa shape index (κ2) is 7.23. The molecular weight excluding hydrogens is 338 g/mol. The lowest BCUT2D eigenvalue weighted by Gasteiger charge is -2.32. The van der Waals surface area contributed by atoms with Gasteiger partial charge < -0.3 is 10.1 Å². The SMILES string of the molecule is CCCNC(=O)CN1C(=O)C(C)Oc2ccc(-c3csc(C)n3)cc21. The molecule has 1 unspecified atom stereocenters. The van der Waals surface area contributed by atoms with E-state index in [-0.39, 0.29) is 18.4 Å². The van der Waals surface area contributed by atoms with E-state index in [0.717, 1.165) is 22.7 Å². The standard InChI is InChI=1S/C18H21N3O3S/c1-4-7-19-17(22)9-21-15-8-13(14-10-25-12(3)20-14)5-6-16(15)24-11(2)18(21)23/h5-6,8,10-11H,4,7,9H2,1-3H3,(H,19,22). The zero-order valence-electron chi connectivity index (χ0n) is 14.5. The summed E-state index contributed by atoms with van der Waals surface area (Å²) in [7, 11) is 0. The number of hydrogen-bond donors (Lipinski definition) is 1. The number of hydrogen-bond acceptors (Lipinski definition) is 5. The van der Waals surface area contributed by atoms with Gasteiger partial charge in [0.1, 0.15) is 12.3 Å². The van der Waals surface area contributed by atoms with Crippen LogP contribution in [0, 0.1) is 6.92 Å². The molecule has 1 aliphatic rings. The monoisotopic (exact) mass is 359 g/mol. The minimum atomic E-state index is -0.612. The highest BCUT2D eigenvalue weighted by Gasteiger charge is 2.33. The molecule has 2 heterocycles. The largest absolute Gasteiger partial charge is 0.479 e. The Morgan fingerprint density at radius 3 is 2.92 bits per heavy atom. The molecule has 1 aromatic carbocycles. The molecule has 0 aliphatic carbocycles. The Labute approximate surface area is 150 Å². The van der Waals surface area contributed by atoms with Crippen LogP contribution in [0.15, 0.2) is 23.6 Å². The van der Waals surface area contributed by atoms with Crippen molar-refractivity contribution in [1.82, 2.24) is 10.3 Å². The van der Waals surface area contributed by atoms with Gasteiger partial charge in [-0.25, -0.2) is 4.98 Å². The van der Waals surface area contributed by atoms with E-state index in [1.807, 2.05) is 37.4 Å². The van der Waals surface area contributed by atoms with Crippen LogP contribution in [0.2, 0.25) is 0 Å². The molecule has 0 saturated carbocycles. The summed E-state index contributed by atoms with van der Waals surface area (Å²) in [6.07, 6.45) is 0.238. The molecular formula is C18H21N3O3S. The van der Waals surface area contributed by atoms with Crippen LogP contribution in [0.1, 0.15) is 25.3 Å². The Morgan fingerprint density at radius 1 is 1.44 bits per heavy atom. The van der Waals surface area contributed by atoms with Crippen molar-refractivity contribution in [2.45, 2.75) is 33.3 Å². The number of fused-ring (bicyclic) bond motifs is 1. The van der Waals surface area contributed by atoms with Crippen molar-refractivity contribution in [1.29, 1.82) is 0 Å². The number of rotatable bonds is 5. The summed E-state index contributed by atoms with van der Waals surface area (Å²) >= 11 is 1.57. The van der Waals surface area contributed by atoms with E-state index in [0.29, 0.717) is 18.0 Å². The molecule has 1 atom stereocenters. The first-order valence-electron chi connectivity index (χ1n) is 8.31. The fraction of sp³-hybridized carbons (Fsp3) is 0.389. The van der Waals surface area contributed by atoms with Crippen LogP contribution in [0.4, 0.5) is 5.69 Å². The fourth-order valence-corrected chi connectivity index (χ4v) is 3.31. The third kappa shape index (κ3) is 3.66. The molecule has 0 spiro atoms. The summed E-state index contributed by atoms with van der Waals surface area (Å²) in [6, 6.07) is 5.62. The summed E-state index contributed by atoms with van der Waals surface area (Å²) in [4.78, 5) is 30.7. The average Bonchev–Trinajstić information content (AvgIpc) is 3.03. The molecule has 25 heavy (non-hydrogen) atoms. The minimum absolute atomic E-state index is 0.0148. The molecule has 1 aromatic heterocycles. The van der Waals surface area contributed by atoms with Gasteiger partial charge in [-0.2, -0.15) is 0 Å². The molecule has 0 saturated heterocycles. The van der Waals surface area contributed by atoms with Crippen LogP contribution in [0.5, 0.6) is 5.75 Å². The van der Waals surface area contributed by atoms with Gasteiger partial charge in [0.25, 0.3) is 5.91 Å². The number of aromatic nitrogens is 1. The van der Waals surface area contributed by atoms with E-state index < -0.39 is 6.10 Å². The highest BCUT2D eigenvalue weighted by molar-refractivity contribution is 7.09. The fourth-order valence-electron chi connectivity index (χ4n) is 2.69. The van der Waals surface area contributed by atoms with E-state index >= 15 is 0 Å². The Morgan fingerprint density at radius 2 is 2.24 bits per heavy atom. The maximum absolute atomic E-state index is 12.6. The molecule has 132 valence electrons. The Kier molecular flexibility index (Phi) is 5.03. The van der Waals surface area contributed by atoms with Gasteiger partial charge in [0.15, 0.2) is 6.10 Å². The number of thiazole rings is 1. The second-order valence-corrected chi connectivity index (χ2v) is 7.03. The lowest BCUT2D eigenvalue weighted by atomic mass is 10.1. The van der Waals surface area contributed by atoms with Gasteiger partial charge in [0.2, 0.25) is 5.91 Å². The van der Waals surface area contributed by atoms with Gasteiger partial charge in [0.05, 0.1) is 16.4 Å². The number of benzene rings is 1. The number of ether oxygens (including phenoxy) is 1. The van der Waals surface area contributed by atoms with Crippen molar-refractivity contribution in [2.75, 3.05) is 18.0 Å². The van der Waals surface area contributed by atoms with Crippen molar-refractivity contribution >= 4 is 28.8 Å². The summed E-state index contributed by atoms with van der Waals surface area (Å²) in [5, 5.41) is 5.76. The van der Waals surface area contributed by atoms with Crippen LogP contribution in [-0.4, -0.2) is 36.0 Å². The number of aryl methyl sites for hydroxylation is 1. The molecule has 3 rings (SSSR count). The predicted molar refractivity (Wildman–Crippen MR) is 98.0 cm³/mol. The van der Waals surface area contributed by atoms with E-state index in [1.165, 1.54) is 4.90 Å². The molecule has 2 amide bonds. The number of carbonyl (C=O) groups is 2. The molecule has 7 heteroatoms. The van der Waals surface area contributed by atoms with E-state index in [9.17, 15) is 9.59 Å². The first kappa shape index (κ1) is 17.4. The first-order chi connectivity index (χ1) is 12.0. The highest BCUT2D eigenvalue weighted by atomic mass is 32.1. The van der Waals surface area contributed by atoms with Gasteiger partial charge in [0, 0.05) is 17.5 Å². The first-order valence-corrected chi connectivity index (χ1v) is 9.19. The topological polar surface area (TPSA) is 71.5 Å². The summed E-state index contributed by atoms with van der Waals surface area (Å²) in [5.74, 6) is 0.210. The summed E-state index contributed by atoms with van der Waals surface area (Å²) in [5.41, 5.74) is 2.36. The summed E-state index contributed by atoms with van der Waals surface area (Å²) in [6.45, 7) is 6.21.